The highest BCUT2D eigenvalue weighted by Crippen LogP contribution is 2.22. The lowest BCUT2D eigenvalue weighted by atomic mass is 10.1. The van der Waals surface area contributed by atoms with E-state index in [0.29, 0.717) is 17.9 Å². The number of Topliss-reactive ketones (excluding diaryl/α,β-unsaturated/α-hetero) is 1. The molecule has 4 heteroatoms. The summed E-state index contributed by atoms with van der Waals surface area (Å²) in [7, 11) is 1.30. The summed E-state index contributed by atoms with van der Waals surface area (Å²) in [5.74, 6) is -0.189. The third-order valence-corrected chi connectivity index (χ3v) is 2.60. The number of carbonyl (C=O) groups excluding carboxylic acids is 2. The summed E-state index contributed by atoms with van der Waals surface area (Å²) >= 11 is 0. The van der Waals surface area contributed by atoms with E-state index >= 15 is 0 Å². The Hall–Kier alpha value is -2.10. The van der Waals surface area contributed by atoms with Gasteiger partial charge < -0.3 is 9.47 Å². The van der Waals surface area contributed by atoms with Crippen LogP contribution in [-0.4, -0.2) is 25.5 Å². The molecule has 0 fully saturated rings. The van der Waals surface area contributed by atoms with Gasteiger partial charge in [0.05, 0.1) is 13.7 Å². The maximum Gasteiger partial charge on any atom is 0.341 e. The van der Waals surface area contributed by atoms with E-state index in [2.05, 4.69) is 6.58 Å². The summed E-state index contributed by atoms with van der Waals surface area (Å²) in [5.41, 5.74) is 0.729. The Morgan fingerprint density at radius 1 is 1.37 bits per heavy atom. The molecule has 0 heterocycles. The van der Waals surface area contributed by atoms with Gasteiger partial charge in [0.2, 0.25) is 0 Å². The van der Waals surface area contributed by atoms with Gasteiger partial charge in [-0.25, -0.2) is 4.79 Å². The summed E-state index contributed by atoms with van der Waals surface area (Å²) in [6.07, 6.45) is 3.47. The van der Waals surface area contributed by atoms with Crippen molar-refractivity contribution in [3.05, 3.63) is 42.0 Å². The third kappa shape index (κ3) is 4.25. The molecule has 1 rings (SSSR count). The second-order valence-corrected chi connectivity index (χ2v) is 4.04. The Balaban J connectivity index is 2.92. The van der Waals surface area contributed by atoms with Crippen molar-refractivity contribution in [3.8, 4) is 5.75 Å². The molecular weight excluding hydrogens is 244 g/mol. The van der Waals surface area contributed by atoms with Crippen LogP contribution in [0, 0.1) is 0 Å². The van der Waals surface area contributed by atoms with Gasteiger partial charge in [0, 0.05) is 5.56 Å². The molecule has 0 N–H and O–H groups in total. The average molecular weight is 262 g/mol. The highest BCUT2D eigenvalue weighted by atomic mass is 16.5. The SMILES string of the molecule is C=CCCCOc1ccc(C(C)=O)cc1C(=O)OC. The number of methoxy groups -OCH3 is 1. The van der Waals surface area contributed by atoms with Crippen molar-refractivity contribution in [2.24, 2.45) is 0 Å². The first-order valence-corrected chi connectivity index (χ1v) is 6.07. The molecule has 0 aliphatic rings. The molecular formula is C15H18O4. The number of ketones is 1. The third-order valence-electron chi connectivity index (χ3n) is 2.60. The number of rotatable bonds is 7. The van der Waals surface area contributed by atoms with Crippen LogP contribution >= 0.6 is 0 Å². The molecule has 102 valence electrons. The first-order chi connectivity index (χ1) is 9.10. The van der Waals surface area contributed by atoms with Crippen molar-refractivity contribution < 1.29 is 19.1 Å². The lowest BCUT2D eigenvalue weighted by Gasteiger charge is -2.11. The first-order valence-electron chi connectivity index (χ1n) is 6.07. The minimum atomic E-state index is -0.512. The van der Waals surface area contributed by atoms with Crippen molar-refractivity contribution in [2.75, 3.05) is 13.7 Å². The van der Waals surface area contributed by atoms with Gasteiger partial charge in [0.25, 0.3) is 0 Å². The number of hydrogen-bond donors (Lipinski definition) is 0. The van der Waals surface area contributed by atoms with E-state index in [1.807, 2.05) is 6.08 Å². The van der Waals surface area contributed by atoms with Crippen molar-refractivity contribution >= 4 is 11.8 Å². The Morgan fingerprint density at radius 2 is 2.11 bits per heavy atom. The lowest BCUT2D eigenvalue weighted by molar-refractivity contribution is 0.0596. The number of esters is 1. The van der Waals surface area contributed by atoms with Crippen LogP contribution in [0.15, 0.2) is 30.9 Å². The van der Waals surface area contributed by atoms with E-state index < -0.39 is 5.97 Å². The van der Waals surface area contributed by atoms with Crippen LogP contribution in [-0.2, 0) is 4.74 Å². The van der Waals surface area contributed by atoms with Gasteiger partial charge >= 0.3 is 5.97 Å². The Morgan fingerprint density at radius 3 is 2.68 bits per heavy atom. The van der Waals surface area contributed by atoms with Gasteiger partial charge in [-0.15, -0.1) is 6.58 Å². The van der Waals surface area contributed by atoms with Crippen molar-refractivity contribution in [1.82, 2.24) is 0 Å². The fourth-order valence-electron chi connectivity index (χ4n) is 1.55. The highest BCUT2D eigenvalue weighted by Gasteiger charge is 2.15. The van der Waals surface area contributed by atoms with Gasteiger partial charge in [-0.3, -0.25) is 4.79 Å². The van der Waals surface area contributed by atoms with Gasteiger partial charge in [-0.2, -0.15) is 0 Å². The molecule has 0 spiro atoms. The van der Waals surface area contributed by atoms with Crippen molar-refractivity contribution in [1.29, 1.82) is 0 Å². The summed E-state index contributed by atoms with van der Waals surface area (Å²) < 4.78 is 10.2. The Labute approximate surface area is 113 Å². The van der Waals surface area contributed by atoms with Gasteiger partial charge in [-0.05, 0) is 38.0 Å². The molecule has 4 nitrogen and oxygen atoms in total. The molecule has 1 aromatic rings. The van der Waals surface area contributed by atoms with Crippen LogP contribution in [0.25, 0.3) is 0 Å². The molecule has 1 aromatic carbocycles. The maximum atomic E-state index is 11.7. The molecule has 0 aromatic heterocycles. The zero-order valence-corrected chi connectivity index (χ0v) is 11.3. The second-order valence-electron chi connectivity index (χ2n) is 4.04. The molecule has 0 aliphatic heterocycles. The Bertz CT molecular complexity index is 477. The number of unbranched alkanes of at least 4 members (excludes halogenated alkanes) is 1. The zero-order chi connectivity index (χ0) is 14.3. The maximum absolute atomic E-state index is 11.7. The van der Waals surface area contributed by atoms with Crippen LogP contribution in [0.2, 0.25) is 0 Å². The quantitative estimate of drug-likeness (QED) is 0.328. The summed E-state index contributed by atoms with van der Waals surface area (Å²) in [6, 6.07) is 4.76. The van der Waals surface area contributed by atoms with E-state index in [1.165, 1.54) is 20.1 Å². The molecule has 0 unspecified atom stereocenters. The number of hydrogen-bond acceptors (Lipinski definition) is 4. The second kappa shape index (κ2) is 7.36. The highest BCUT2D eigenvalue weighted by molar-refractivity contribution is 5.99. The van der Waals surface area contributed by atoms with Crippen LogP contribution in [0.4, 0.5) is 0 Å². The summed E-state index contributed by atoms with van der Waals surface area (Å²) in [6.45, 7) is 5.56. The summed E-state index contributed by atoms with van der Waals surface area (Å²) in [5, 5.41) is 0. The fraction of sp³-hybridized carbons (Fsp3) is 0.333. The molecule has 0 aliphatic carbocycles. The van der Waals surface area contributed by atoms with E-state index in [1.54, 1.807) is 12.1 Å². The van der Waals surface area contributed by atoms with Gasteiger partial charge in [0.15, 0.2) is 5.78 Å². The largest absolute Gasteiger partial charge is 0.493 e. The molecule has 0 atom stereocenters. The predicted octanol–water partition coefficient (Wildman–Crippen LogP) is 3.02. The van der Waals surface area contributed by atoms with Crippen LogP contribution in [0.5, 0.6) is 5.75 Å². The molecule has 0 saturated carbocycles. The van der Waals surface area contributed by atoms with E-state index in [0.717, 1.165) is 12.8 Å². The van der Waals surface area contributed by atoms with Crippen molar-refractivity contribution in [2.45, 2.75) is 19.8 Å². The zero-order valence-electron chi connectivity index (χ0n) is 11.3. The predicted molar refractivity (Wildman–Crippen MR) is 72.7 cm³/mol. The topological polar surface area (TPSA) is 52.6 Å². The number of benzene rings is 1. The molecule has 19 heavy (non-hydrogen) atoms. The summed E-state index contributed by atoms with van der Waals surface area (Å²) in [4.78, 5) is 23.0. The van der Waals surface area contributed by atoms with E-state index in [4.69, 9.17) is 9.47 Å². The van der Waals surface area contributed by atoms with Gasteiger partial charge in [0.1, 0.15) is 11.3 Å². The minimum absolute atomic E-state index is 0.108. The standard InChI is InChI=1S/C15H18O4/c1-4-5-6-9-19-14-8-7-12(11(2)16)10-13(14)15(17)18-3/h4,7-8,10H,1,5-6,9H2,2-3H3. The smallest absolute Gasteiger partial charge is 0.341 e. The Kier molecular flexibility index (Phi) is 5.79. The number of allylic oxidation sites excluding steroid dienone is 1. The molecule has 0 bridgehead atoms. The van der Waals surface area contributed by atoms with Crippen LogP contribution < -0.4 is 4.74 Å². The number of ether oxygens (including phenoxy) is 2. The van der Waals surface area contributed by atoms with Gasteiger partial charge in [-0.1, -0.05) is 6.08 Å². The monoisotopic (exact) mass is 262 g/mol. The lowest BCUT2D eigenvalue weighted by Crippen LogP contribution is -2.08. The average Bonchev–Trinajstić information content (AvgIpc) is 2.42. The first kappa shape index (κ1) is 15.0. The molecule has 0 amide bonds. The minimum Gasteiger partial charge on any atom is -0.493 e. The van der Waals surface area contributed by atoms with Crippen LogP contribution in [0.1, 0.15) is 40.5 Å². The fourth-order valence-corrected chi connectivity index (χ4v) is 1.55. The molecule has 0 radical (unpaired) electrons. The number of carbonyl (C=O) groups is 2. The van der Waals surface area contributed by atoms with E-state index in [-0.39, 0.29) is 11.3 Å². The van der Waals surface area contributed by atoms with Crippen LogP contribution in [0.3, 0.4) is 0 Å². The normalized spacial score (nSPS) is 9.79. The molecule has 0 saturated heterocycles. The van der Waals surface area contributed by atoms with E-state index in [9.17, 15) is 9.59 Å². The van der Waals surface area contributed by atoms with Crippen molar-refractivity contribution in [3.63, 3.8) is 0 Å².